The van der Waals surface area contributed by atoms with Crippen LogP contribution < -0.4 is 5.32 Å². The summed E-state index contributed by atoms with van der Waals surface area (Å²) < 4.78 is 5.07. The molecule has 1 aromatic rings. The first kappa shape index (κ1) is 16.2. The van der Waals surface area contributed by atoms with E-state index in [2.05, 4.69) is 51.2 Å². The van der Waals surface area contributed by atoms with E-state index in [4.69, 9.17) is 4.74 Å². The highest BCUT2D eigenvalue weighted by molar-refractivity contribution is 5.28. The van der Waals surface area contributed by atoms with Crippen molar-refractivity contribution in [1.82, 2.24) is 5.32 Å². The first-order chi connectivity index (χ1) is 9.02. The highest BCUT2D eigenvalue weighted by Crippen LogP contribution is 2.18. The molecule has 0 radical (unpaired) electrons. The van der Waals surface area contributed by atoms with E-state index in [1.807, 2.05) is 0 Å². The van der Waals surface area contributed by atoms with E-state index in [0.717, 1.165) is 26.1 Å². The van der Waals surface area contributed by atoms with Gasteiger partial charge in [-0.05, 0) is 44.2 Å². The molecule has 0 fully saturated rings. The Morgan fingerprint density at radius 2 is 1.74 bits per heavy atom. The summed E-state index contributed by atoms with van der Waals surface area (Å²) in [7, 11) is 1.75. The topological polar surface area (TPSA) is 21.3 Å². The second-order valence-corrected chi connectivity index (χ2v) is 5.90. The third kappa shape index (κ3) is 6.22. The summed E-state index contributed by atoms with van der Waals surface area (Å²) in [5.41, 5.74) is 4.19. The number of hydrogen-bond acceptors (Lipinski definition) is 2. The Morgan fingerprint density at radius 3 is 2.26 bits per heavy atom. The van der Waals surface area contributed by atoms with Gasteiger partial charge in [0.2, 0.25) is 0 Å². The standard InChI is InChI=1S/C17H29NO/c1-13(2)17(12-18-6-7-19-5)11-16-9-14(3)8-15(4)10-16/h8-10,13,17-18H,6-7,11-12H2,1-5H3. The van der Waals surface area contributed by atoms with Crippen LogP contribution in [0.15, 0.2) is 18.2 Å². The van der Waals surface area contributed by atoms with Crippen molar-refractivity contribution >= 4 is 0 Å². The van der Waals surface area contributed by atoms with Gasteiger partial charge in [-0.3, -0.25) is 0 Å². The summed E-state index contributed by atoms with van der Waals surface area (Å²) in [4.78, 5) is 0. The molecule has 19 heavy (non-hydrogen) atoms. The van der Waals surface area contributed by atoms with Crippen LogP contribution in [-0.2, 0) is 11.2 Å². The van der Waals surface area contributed by atoms with Gasteiger partial charge < -0.3 is 10.1 Å². The van der Waals surface area contributed by atoms with Crippen LogP contribution in [0.25, 0.3) is 0 Å². The van der Waals surface area contributed by atoms with Gasteiger partial charge in [0.25, 0.3) is 0 Å². The number of hydrogen-bond donors (Lipinski definition) is 1. The Balaban J connectivity index is 2.57. The Morgan fingerprint density at radius 1 is 1.11 bits per heavy atom. The summed E-state index contributed by atoms with van der Waals surface area (Å²) in [6.07, 6.45) is 1.15. The maximum Gasteiger partial charge on any atom is 0.0587 e. The van der Waals surface area contributed by atoms with Gasteiger partial charge in [0.05, 0.1) is 6.61 Å². The van der Waals surface area contributed by atoms with Gasteiger partial charge in [0.15, 0.2) is 0 Å². The summed E-state index contributed by atoms with van der Waals surface area (Å²) in [5, 5.41) is 3.49. The maximum atomic E-state index is 5.07. The summed E-state index contributed by atoms with van der Waals surface area (Å²) in [6, 6.07) is 6.87. The Hall–Kier alpha value is -0.860. The van der Waals surface area contributed by atoms with Crippen LogP contribution in [0, 0.1) is 25.7 Å². The number of nitrogens with one attached hydrogen (secondary N) is 1. The third-order valence-corrected chi connectivity index (χ3v) is 3.61. The molecule has 0 aliphatic rings. The average Bonchev–Trinajstić information content (AvgIpc) is 2.31. The highest BCUT2D eigenvalue weighted by atomic mass is 16.5. The maximum absolute atomic E-state index is 5.07. The van der Waals surface area contributed by atoms with Crippen molar-refractivity contribution in [2.75, 3.05) is 26.8 Å². The largest absolute Gasteiger partial charge is 0.383 e. The highest BCUT2D eigenvalue weighted by Gasteiger charge is 2.14. The molecule has 1 N–H and O–H groups in total. The van der Waals surface area contributed by atoms with Crippen molar-refractivity contribution in [3.63, 3.8) is 0 Å². The predicted molar refractivity (Wildman–Crippen MR) is 82.7 cm³/mol. The monoisotopic (exact) mass is 263 g/mol. The molecule has 2 nitrogen and oxygen atoms in total. The minimum absolute atomic E-state index is 0.679. The molecular weight excluding hydrogens is 234 g/mol. The van der Waals surface area contributed by atoms with Crippen LogP contribution in [0.4, 0.5) is 0 Å². The molecular formula is C17H29NO. The lowest BCUT2D eigenvalue weighted by Gasteiger charge is -2.22. The molecule has 1 rings (SSSR count). The quantitative estimate of drug-likeness (QED) is 0.726. The van der Waals surface area contributed by atoms with Crippen molar-refractivity contribution in [2.45, 2.75) is 34.1 Å². The van der Waals surface area contributed by atoms with Crippen LogP contribution in [-0.4, -0.2) is 26.8 Å². The number of rotatable bonds is 8. The SMILES string of the molecule is COCCNCC(Cc1cc(C)cc(C)c1)C(C)C. The molecule has 0 aliphatic heterocycles. The molecule has 0 heterocycles. The fourth-order valence-electron chi connectivity index (χ4n) is 2.49. The van der Waals surface area contributed by atoms with Crippen molar-refractivity contribution in [2.24, 2.45) is 11.8 Å². The molecule has 0 bridgehead atoms. The van der Waals surface area contributed by atoms with Gasteiger partial charge in [0.1, 0.15) is 0 Å². The van der Waals surface area contributed by atoms with Gasteiger partial charge >= 0.3 is 0 Å². The lowest BCUT2D eigenvalue weighted by molar-refractivity contribution is 0.196. The van der Waals surface area contributed by atoms with Gasteiger partial charge in [0, 0.05) is 13.7 Å². The molecule has 2 heteroatoms. The normalized spacial score (nSPS) is 12.9. The van der Waals surface area contributed by atoms with Crippen LogP contribution in [0.5, 0.6) is 0 Å². The van der Waals surface area contributed by atoms with Crippen molar-refractivity contribution < 1.29 is 4.74 Å². The van der Waals surface area contributed by atoms with E-state index in [1.54, 1.807) is 7.11 Å². The fourth-order valence-corrected chi connectivity index (χ4v) is 2.49. The number of ether oxygens (including phenoxy) is 1. The van der Waals surface area contributed by atoms with Crippen molar-refractivity contribution in [1.29, 1.82) is 0 Å². The molecule has 1 atom stereocenters. The lowest BCUT2D eigenvalue weighted by atomic mass is 9.88. The van der Waals surface area contributed by atoms with Gasteiger partial charge in [-0.25, -0.2) is 0 Å². The minimum atomic E-state index is 0.679. The van der Waals surface area contributed by atoms with Crippen LogP contribution in [0.2, 0.25) is 0 Å². The summed E-state index contributed by atoms with van der Waals surface area (Å²) in [5.74, 6) is 1.37. The zero-order valence-corrected chi connectivity index (χ0v) is 13.1. The van der Waals surface area contributed by atoms with E-state index < -0.39 is 0 Å². The number of benzene rings is 1. The van der Waals surface area contributed by atoms with E-state index in [1.165, 1.54) is 16.7 Å². The Bertz CT molecular complexity index is 353. The average molecular weight is 263 g/mol. The Kier molecular flexibility index (Phi) is 7.11. The second-order valence-electron chi connectivity index (χ2n) is 5.90. The molecule has 0 spiro atoms. The molecule has 1 unspecified atom stereocenters. The zero-order chi connectivity index (χ0) is 14.3. The van der Waals surface area contributed by atoms with Crippen LogP contribution in [0.3, 0.4) is 0 Å². The van der Waals surface area contributed by atoms with E-state index in [-0.39, 0.29) is 0 Å². The molecule has 0 saturated heterocycles. The van der Waals surface area contributed by atoms with Gasteiger partial charge in [-0.15, -0.1) is 0 Å². The van der Waals surface area contributed by atoms with E-state index in [9.17, 15) is 0 Å². The first-order valence-electron chi connectivity index (χ1n) is 7.29. The predicted octanol–water partition coefficient (Wildman–Crippen LogP) is 3.35. The van der Waals surface area contributed by atoms with Gasteiger partial charge in [-0.2, -0.15) is 0 Å². The van der Waals surface area contributed by atoms with E-state index in [0.29, 0.717) is 11.8 Å². The number of methoxy groups -OCH3 is 1. The molecule has 0 amide bonds. The second kappa shape index (κ2) is 8.34. The molecule has 1 aromatic carbocycles. The lowest BCUT2D eigenvalue weighted by Crippen LogP contribution is -2.30. The van der Waals surface area contributed by atoms with Crippen LogP contribution in [0.1, 0.15) is 30.5 Å². The molecule has 0 aliphatic carbocycles. The smallest absolute Gasteiger partial charge is 0.0587 e. The molecule has 0 saturated carbocycles. The van der Waals surface area contributed by atoms with Crippen LogP contribution >= 0.6 is 0 Å². The molecule has 0 aromatic heterocycles. The van der Waals surface area contributed by atoms with Crippen molar-refractivity contribution in [3.8, 4) is 0 Å². The first-order valence-corrected chi connectivity index (χ1v) is 7.29. The molecule has 108 valence electrons. The van der Waals surface area contributed by atoms with Crippen molar-refractivity contribution in [3.05, 3.63) is 34.9 Å². The zero-order valence-electron chi connectivity index (χ0n) is 13.1. The summed E-state index contributed by atoms with van der Waals surface area (Å²) in [6.45, 7) is 11.8. The number of aryl methyl sites for hydroxylation is 2. The summed E-state index contributed by atoms with van der Waals surface area (Å²) >= 11 is 0. The van der Waals surface area contributed by atoms with Gasteiger partial charge in [-0.1, -0.05) is 43.2 Å². The Labute approximate surface area is 118 Å². The van der Waals surface area contributed by atoms with E-state index >= 15 is 0 Å². The third-order valence-electron chi connectivity index (χ3n) is 3.61. The minimum Gasteiger partial charge on any atom is -0.383 e. The fraction of sp³-hybridized carbons (Fsp3) is 0.647.